The number of ether oxygens (including phenoxy) is 1. The summed E-state index contributed by atoms with van der Waals surface area (Å²) < 4.78 is 5.32. The molecule has 0 saturated carbocycles. The quantitative estimate of drug-likeness (QED) is 0.306. The lowest BCUT2D eigenvalue weighted by Gasteiger charge is -2.21. The van der Waals surface area contributed by atoms with Crippen LogP contribution in [0.15, 0.2) is 77.8 Å². The first-order valence-electron chi connectivity index (χ1n) is 14.6. The van der Waals surface area contributed by atoms with Gasteiger partial charge in [0.05, 0.1) is 18.2 Å². The van der Waals surface area contributed by atoms with E-state index in [4.69, 9.17) is 9.73 Å². The Kier molecular flexibility index (Phi) is 8.59. The molecule has 8 nitrogen and oxygen atoms in total. The third-order valence-corrected chi connectivity index (χ3v) is 7.85. The van der Waals surface area contributed by atoms with Crippen LogP contribution in [0.25, 0.3) is 5.70 Å². The van der Waals surface area contributed by atoms with E-state index in [2.05, 4.69) is 36.7 Å². The second kappa shape index (κ2) is 12.4. The van der Waals surface area contributed by atoms with Gasteiger partial charge in [-0.25, -0.2) is 4.99 Å². The third-order valence-electron chi connectivity index (χ3n) is 7.85. The van der Waals surface area contributed by atoms with Crippen LogP contribution < -0.4 is 16.0 Å². The molecule has 1 saturated heterocycles. The lowest BCUT2D eigenvalue weighted by Crippen LogP contribution is -2.30. The molecule has 2 aliphatic heterocycles. The summed E-state index contributed by atoms with van der Waals surface area (Å²) in [6.07, 6.45) is 2.55. The van der Waals surface area contributed by atoms with E-state index in [0.29, 0.717) is 48.0 Å². The zero-order valence-electron chi connectivity index (χ0n) is 25.3. The Morgan fingerprint density at radius 2 is 1.67 bits per heavy atom. The number of allylic oxidation sites excluding steroid dienone is 1. The Morgan fingerprint density at radius 3 is 2.37 bits per heavy atom. The molecule has 2 unspecified atom stereocenters. The van der Waals surface area contributed by atoms with Crippen LogP contribution in [0.3, 0.4) is 0 Å². The van der Waals surface area contributed by atoms with Crippen molar-refractivity contribution in [3.8, 4) is 0 Å². The number of ketones is 1. The van der Waals surface area contributed by atoms with Crippen molar-refractivity contribution in [1.82, 2.24) is 0 Å². The lowest BCUT2D eigenvalue weighted by molar-refractivity contribution is -0.119. The first-order chi connectivity index (χ1) is 20.5. The maximum atomic E-state index is 13.1. The number of amidine groups is 1. The van der Waals surface area contributed by atoms with Gasteiger partial charge in [-0.3, -0.25) is 14.4 Å². The van der Waals surface area contributed by atoms with Crippen LogP contribution in [0.2, 0.25) is 0 Å². The number of anilines is 3. The van der Waals surface area contributed by atoms with Crippen LogP contribution in [0.4, 0.5) is 17.1 Å². The van der Waals surface area contributed by atoms with E-state index >= 15 is 0 Å². The lowest BCUT2D eigenvalue weighted by atomic mass is 9.86. The molecule has 3 N–H and O–H groups in total. The molecule has 2 atom stereocenters. The van der Waals surface area contributed by atoms with Crippen LogP contribution in [-0.2, 0) is 19.7 Å². The molecule has 0 aromatic heterocycles. The molecule has 2 amide bonds. The van der Waals surface area contributed by atoms with Gasteiger partial charge in [-0.15, -0.1) is 0 Å². The first-order valence-corrected chi connectivity index (χ1v) is 14.6. The van der Waals surface area contributed by atoms with Gasteiger partial charge in [0.25, 0.3) is 5.91 Å². The average Bonchev–Trinajstić information content (AvgIpc) is 3.52. The number of hydrogen-bond donors (Lipinski definition) is 3. The highest BCUT2D eigenvalue weighted by Crippen LogP contribution is 2.31. The number of rotatable bonds is 6. The second-order valence-electron chi connectivity index (χ2n) is 12.2. The highest BCUT2D eigenvalue weighted by Gasteiger charge is 2.26. The molecule has 5 rings (SSSR count). The fraction of sp³-hybridized carbons (Fsp3) is 0.314. The smallest absolute Gasteiger partial charge is 0.255 e. The summed E-state index contributed by atoms with van der Waals surface area (Å²) in [5.41, 5.74) is 5.99. The van der Waals surface area contributed by atoms with Gasteiger partial charge < -0.3 is 20.7 Å². The van der Waals surface area contributed by atoms with E-state index in [9.17, 15) is 14.4 Å². The zero-order chi connectivity index (χ0) is 30.7. The maximum absolute atomic E-state index is 13.1. The Bertz CT molecular complexity index is 1610. The topological polar surface area (TPSA) is 109 Å². The molecule has 3 aromatic carbocycles. The molecular weight excluding hydrogens is 540 g/mol. The molecule has 0 aliphatic carbocycles. The van der Waals surface area contributed by atoms with Crippen molar-refractivity contribution in [2.75, 3.05) is 29.2 Å². The number of aliphatic imine (C=N–C) groups is 1. The van der Waals surface area contributed by atoms with E-state index in [1.807, 2.05) is 74.5 Å². The monoisotopic (exact) mass is 578 g/mol. The molecular formula is C35H38N4O4. The number of nitrogens with one attached hydrogen (secondary N) is 3. The molecule has 3 aromatic rings. The molecule has 222 valence electrons. The number of nitrogens with zero attached hydrogens (tertiary/aromatic N) is 1. The van der Waals surface area contributed by atoms with E-state index in [0.717, 1.165) is 16.7 Å². The Morgan fingerprint density at radius 1 is 0.953 bits per heavy atom. The summed E-state index contributed by atoms with van der Waals surface area (Å²) in [6, 6.07) is 20.5. The Hall–Kier alpha value is -4.56. The van der Waals surface area contributed by atoms with Crippen LogP contribution >= 0.6 is 0 Å². The summed E-state index contributed by atoms with van der Waals surface area (Å²) in [5.74, 6) is -0.761. The minimum absolute atomic E-state index is 0.00393. The van der Waals surface area contributed by atoms with E-state index in [-0.39, 0.29) is 34.8 Å². The van der Waals surface area contributed by atoms with Gasteiger partial charge in [-0.2, -0.15) is 0 Å². The van der Waals surface area contributed by atoms with Crippen molar-refractivity contribution in [3.63, 3.8) is 0 Å². The first kappa shape index (κ1) is 29.9. The van der Waals surface area contributed by atoms with Gasteiger partial charge in [-0.05, 0) is 72.4 Å². The molecule has 0 radical (unpaired) electrons. The van der Waals surface area contributed by atoms with Crippen molar-refractivity contribution in [2.45, 2.75) is 46.5 Å². The molecule has 8 heteroatoms. The van der Waals surface area contributed by atoms with Gasteiger partial charge in [0.15, 0.2) is 5.84 Å². The summed E-state index contributed by atoms with van der Waals surface area (Å²) in [5, 5.41) is 9.13. The average molecular weight is 579 g/mol. The van der Waals surface area contributed by atoms with Crippen molar-refractivity contribution in [1.29, 1.82) is 0 Å². The number of hydrogen-bond acceptors (Lipinski definition) is 6. The largest absolute Gasteiger partial charge is 0.381 e. The van der Waals surface area contributed by atoms with Gasteiger partial charge in [0, 0.05) is 40.7 Å². The molecule has 43 heavy (non-hydrogen) atoms. The van der Waals surface area contributed by atoms with Crippen LogP contribution in [0.1, 0.15) is 61.2 Å². The summed E-state index contributed by atoms with van der Waals surface area (Å²) >= 11 is 0. The fourth-order valence-corrected chi connectivity index (χ4v) is 5.14. The van der Waals surface area contributed by atoms with E-state index in [1.54, 1.807) is 12.1 Å². The number of carbonyl (C=O) groups is 3. The van der Waals surface area contributed by atoms with Gasteiger partial charge in [-0.1, -0.05) is 58.0 Å². The highest BCUT2D eigenvalue weighted by atomic mass is 16.5. The zero-order valence-corrected chi connectivity index (χ0v) is 25.3. The number of Topliss-reactive ketones (excluding diaryl/α,β-unsaturated/α-hetero) is 1. The summed E-state index contributed by atoms with van der Waals surface area (Å²) in [4.78, 5) is 43.4. The number of amides is 2. The van der Waals surface area contributed by atoms with E-state index < -0.39 is 5.92 Å². The predicted octanol–water partition coefficient (Wildman–Crippen LogP) is 6.59. The van der Waals surface area contributed by atoms with Gasteiger partial charge >= 0.3 is 0 Å². The van der Waals surface area contributed by atoms with Crippen molar-refractivity contribution >= 4 is 46.2 Å². The van der Waals surface area contributed by atoms with Crippen LogP contribution in [0, 0.1) is 18.8 Å². The van der Waals surface area contributed by atoms with Crippen molar-refractivity contribution in [3.05, 3.63) is 95.1 Å². The molecule has 2 aliphatic rings. The standard InChI is InChI=1S/C35H38N4O4/c1-21-18-30(28-10-7-11-29(22(28)2)39-33(41)23-12-14-25(15-13-23)35(3,4)5)38-32(31(21)40)36-26-8-6-9-27(19-26)37-34(42)24-16-17-43-20-24/h6-15,18-19,21,24H,16-17,20H2,1-5H3,(H,36,38)(H,37,42)(H,39,41). The maximum Gasteiger partial charge on any atom is 0.255 e. The second-order valence-corrected chi connectivity index (χ2v) is 12.2. The van der Waals surface area contributed by atoms with Gasteiger partial charge in [0.2, 0.25) is 11.7 Å². The SMILES string of the molecule is Cc1c(NC(=O)c2ccc(C(C)(C)C)cc2)cccc1C1=CC(C)C(=O)C(Nc2cccc(NC(=O)C3CCOC3)c2)=N1. The normalized spacial score (nSPS) is 18.5. The fourth-order valence-electron chi connectivity index (χ4n) is 5.14. The predicted molar refractivity (Wildman–Crippen MR) is 171 cm³/mol. The number of carbonyl (C=O) groups excluding carboxylic acids is 3. The van der Waals surface area contributed by atoms with Crippen LogP contribution in [-0.4, -0.2) is 36.6 Å². The molecule has 1 fully saturated rings. The minimum atomic E-state index is -0.403. The Labute approximate surface area is 252 Å². The highest BCUT2D eigenvalue weighted by molar-refractivity contribution is 6.45. The van der Waals surface area contributed by atoms with E-state index in [1.165, 1.54) is 0 Å². The number of benzene rings is 3. The van der Waals surface area contributed by atoms with Crippen molar-refractivity contribution < 1.29 is 19.1 Å². The van der Waals surface area contributed by atoms with Gasteiger partial charge in [0.1, 0.15) is 0 Å². The molecule has 0 bridgehead atoms. The summed E-state index contributed by atoms with van der Waals surface area (Å²) in [7, 11) is 0. The minimum Gasteiger partial charge on any atom is -0.381 e. The van der Waals surface area contributed by atoms with Crippen LogP contribution in [0.5, 0.6) is 0 Å². The Balaban J connectivity index is 1.34. The summed E-state index contributed by atoms with van der Waals surface area (Å²) in [6.45, 7) is 11.2. The third kappa shape index (κ3) is 6.92. The molecule has 2 heterocycles. The van der Waals surface area contributed by atoms with Crippen molar-refractivity contribution in [2.24, 2.45) is 16.8 Å². The molecule has 0 spiro atoms.